The molecule has 2 N–H and O–H groups in total. The van der Waals surface area contributed by atoms with Crippen LogP contribution in [-0.2, 0) is 11.3 Å². The number of carbonyl (C=O) groups is 2. The molecular weight excluding hydrogens is 453 g/mol. The zero-order valence-corrected chi connectivity index (χ0v) is 18.9. The van der Waals surface area contributed by atoms with Crippen molar-refractivity contribution < 1.29 is 14.7 Å². The van der Waals surface area contributed by atoms with Gasteiger partial charge in [-0.1, -0.05) is 47.5 Å². The SMILES string of the molecule is CC(=O)c1c(-c2ccc(Cl)cc2)c(-c2ccc(Cl)cc2)nn(CCN[C@@H](C)C(=O)O)c1=O. The molecule has 0 fully saturated rings. The van der Waals surface area contributed by atoms with Gasteiger partial charge in [0.15, 0.2) is 5.78 Å². The number of carboxylic acid groups (broad SMARTS) is 1. The fraction of sp³-hybridized carbons (Fsp3) is 0.217. The number of hydrogen-bond donors (Lipinski definition) is 2. The standard InChI is InChI=1S/C23H21Cl2N3O4/c1-13(23(31)32)26-11-12-28-22(30)19(14(2)29)20(15-3-7-17(24)8-4-15)21(27-28)16-5-9-18(25)10-6-16/h3-10,13,26H,11-12H2,1-2H3,(H,31,32)/t13-/m0/s1. The Morgan fingerprint density at radius 3 is 2.06 bits per heavy atom. The van der Waals surface area contributed by atoms with Crippen molar-refractivity contribution in [2.45, 2.75) is 26.4 Å². The Balaban J connectivity index is 2.20. The zero-order chi connectivity index (χ0) is 23.4. The molecule has 2 aromatic carbocycles. The number of benzene rings is 2. The van der Waals surface area contributed by atoms with Gasteiger partial charge in [-0.25, -0.2) is 4.68 Å². The maximum Gasteiger partial charge on any atom is 0.320 e. The molecule has 0 amide bonds. The highest BCUT2D eigenvalue weighted by Crippen LogP contribution is 2.33. The molecule has 166 valence electrons. The summed E-state index contributed by atoms with van der Waals surface area (Å²) in [6.45, 7) is 3.09. The lowest BCUT2D eigenvalue weighted by Gasteiger charge is -2.17. The quantitative estimate of drug-likeness (QED) is 0.476. The highest BCUT2D eigenvalue weighted by Gasteiger charge is 2.23. The molecular formula is C23H21Cl2N3O4. The third-order valence-corrected chi connectivity index (χ3v) is 5.41. The van der Waals surface area contributed by atoms with Crippen LogP contribution in [0, 0.1) is 0 Å². The molecule has 0 bridgehead atoms. The maximum atomic E-state index is 13.2. The first-order chi connectivity index (χ1) is 15.2. The van der Waals surface area contributed by atoms with Crippen LogP contribution in [0.1, 0.15) is 24.2 Å². The number of nitrogens with one attached hydrogen (secondary N) is 1. The second kappa shape index (κ2) is 10.1. The van der Waals surface area contributed by atoms with Crippen molar-refractivity contribution in [2.75, 3.05) is 6.54 Å². The van der Waals surface area contributed by atoms with Gasteiger partial charge in [0, 0.05) is 27.7 Å². The van der Waals surface area contributed by atoms with Crippen LogP contribution >= 0.6 is 23.2 Å². The largest absolute Gasteiger partial charge is 0.480 e. The second-order valence-electron chi connectivity index (χ2n) is 7.21. The van der Waals surface area contributed by atoms with Gasteiger partial charge in [0.2, 0.25) is 0 Å². The summed E-state index contributed by atoms with van der Waals surface area (Å²) in [5.41, 5.74) is 1.58. The first-order valence-electron chi connectivity index (χ1n) is 9.83. The van der Waals surface area contributed by atoms with Gasteiger partial charge in [0.1, 0.15) is 6.04 Å². The predicted molar refractivity (Wildman–Crippen MR) is 124 cm³/mol. The Bertz CT molecular complexity index is 1210. The van der Waals surface area contributed by atoms with E-state index in [9.17, 15) is 14.4 Å². The van der Waals surface area contributed by atoms with Crippen LogP contribution in [0.25, 0.3) is 22.4 Å². The van der Waals surface area contributed by atoms with E-state index in [-0.39, 0.29) is 18.7 Å². The molecule has 0 unspecified atom stereocenters. The van der Waals surface area contributed by atoms with Crippen LogP contribution in [-0.4, -0.2) is 39.2 Å². The fourth-order valence-corrected chi connectivity index (χ4v) is 3.48. The van der Waals surface area contributed by atoms with E-state index in [0.29, 0.717) is 32.4 Å². The van der Waals surface area contributed by atoms with Gasteiger partial charge in [0.05, 0.1) is 17.8 Å². The van der Waals surface area contributed by atoms with E-state index in [0.717, 1.165) is 0 Å². The van der Waals surface area contributed by atoms with E-state index in [4.69, 9.17) is 28.3 Å². The fourth-order valence-electron chi connectivity index (χ4n) is 3.23. The number of ketones is 1. The molecule has 0 aliphatic rings. The smallest absolute Gasteiger partial charge is 0.320 e. The molecule has 0 aliphatic heterocycles. The van der Waals surface area contributed by atoms with Gasteiger partial charge in [-0.15, -0.1) is 0 Å². The molecule has 3 rings (SSSR count). The third-order valence-electron chi connectivity index (χ3n) is 4.90. The summed E-state index contributed by atoms with van der Waals surface area (Å²) in [5, 5.41) is 17.4. The van der Waals surface area contributed by atoms with Crippen LogP contribution in [0.2, 0.25) is 10.0 Å². The molecule has 1 atom stereocenters. The minimum atomic E-state index is -1.00. The van der Waals surface area contributed by atoms with Crippen molar-refractivity contribution in [1.29, 1.82) is 0 Å². The van der Waals surface area contributed by atoms with Crippen LogP contribution in [0.4, 0.5) is 0 Å². The molecule has 0 saturated carbocycles. The van der Waals surface area contributed by atoms with Crippen molar-refractivity contribution in [3.05, 3.63) is 74.5 Å². The van der Waals surface area contributed by atoms with Crippen molar-refractivity contribution in [1.82, 2.24) is 15.1 Å². The van der Waals surface area contributed by atoms with Crippen molar-refractivity contribution in [3.8, 4) is 22.4 Å². The monoisotopic (exact) mass is 473 g/mol. The average Bonchev–Trinajstić information content (AvgIpc) is 2.75. The minimum Gasteiger partial charge on any atom is -0.480 e. The highest BCUT2D eigenvalue weighted by atomic mass is 35.5. The average molecular weight is 474 g/mol. The lowest BCUT2D eigenvalue weighted by molar-refractivity contribution is -0.139. The Kier molecular flexibility index (Phi) is 7.45. The summed E-state index contributed by atoms with van der Waals surface area (Å²) in [5.74, 6) is -1.41. The predicted octanol–water partition coefficient (Wildman–Crippen LogP) is 4.15. The number of rotatable bonds is 8. The van der Waals surface area contributed by atoms with Gasteiger partial charge in [-0.05, 0) is 43.7 Å². The highest BCUT2D eigenvalue weighted by molar-refractivity contribution is 6.31. The van der Waals surface area contributed by atoms with E-state index in [1.807, 2.05) is 0 Å². The lowest BCUT2D eigenvalue weighted by atomic mass is 9.94. The van der Waals surface area contributed by atoms with Crippen molar-refractivity contribution >= 4 is 35.0 Å². The molecule has 7 nitrogen and oxygen atoms in total. The Hall–Kier alpha value is -3.00. The Morgan fingerprint density at radius 1 is 1.03 bits per heavy atom. The van der Waals surface area contributed by atoms with Gasteiger partial charge in [0.25, 0.3) is 5.56 Å². The molecule has 0 saturated heterocycles. The molecule has 32 heavy (non-hydrogen) atoms. The number of aliphatic carboxylic acids is 1. The number of carbonyl (C=O) groups excluding carboxylic acids is 1. The van der Waals surface area contributed by atoms with E-state index in [1.54, 1.807) is 48.5 Å². The second-order valence-corrected chi connectivity index (χ2v) is 8.08. The maximum absolute atomic E-state index is 13.2. The lowest BCUT2D eigenvalue weighted by Crippen LogP contribution is -2.38. The van der Waals surface area contributed by atoms with Crippen molar-refractivity contribution in [3.63, 3.8) is 0 Å². The van der Waals surface area contributed by atoms with Gasteiger partial charge >= 0.3 is 5.97 Å². The summed E-state index contributed by atoms with van der Waals surface area (Å²) in [6, 6.07) is 12.9. The molecule has 0 spiro atoms. The molecule has 0 radical (unpaired) electrons. The summed E-state index contributed by atoms with van der Waals surface area (Å²) in [4.78, 5) is 36.8. The topological polar surface area (TPSA) is 101 Å². The van der Waals surface area contributed by atoms with Crippen LogP contribution < -0.4 is 10.9 Å². The number of nitrogens with zero attached hydrogens (tertiary/aromatic N) is 2. The normalized spacial score (nSPS) is 11.9. The number of halogens is 2. The summed E-state index contributed by atoms with van der Waals surface area (Å²) in [7, 11) is 0. The van der Waals surface area contributed by atoms with Gasteiger partial charge < -0.3 is 10.4 Å². The van der Waals surface area contributed by atoms with E-state index < -0.39 is 23.4 Å². The van der Waals surface area contributed by atoms with E-state index in [1.165, 1.54) is 18.5 Å². The first kappa shape index (κ1) is 23.7. The molecule has 3 aromatic rings. The summed E-state index contributed by atoms with van der Waals surface area (Å²) >= 11 is 12.1. The first-order valence-corrected chi connectivity index (χ1v) is 10.6. The molecule has 9 heteroatoms. The minimum absolute atomic E-state index is 0.00134. The Labute approximate surface area is 194 Å². The zero-order valence-electron chi connectivity index (χ0n) is 17.4. The summed E-state index contributed by atoms with van der Waals surface area (Å²) in [6.07, 6.45) is 0. The van der Waals surface area contributed by atoms with E-state index >= 15 is 0 Å². The van der Waals surface area contributed by atoms with Crippen LogP contribution in [0.3, 0.4) is 0 Å². The number of aromatic nitrogens is 2. The van der Waals surface area contributed by atoms with Crippen LogP contribution in [0.5, 0.6) is 0 Å². The molecule has 0 aliphatic carbocycles. The van der Waals surface area contributed by atoms with Crippen molar-refractivity contribution in [2.24, 2.45) is 0 Å². The Morgan fingerprint density at radius 2 is 1.56 bits per heavy atom. The third kappa shape index (κ3) is 5.24. The van der Waals surface area contributed by atoms with Gasteiger partial charge in [-0.2, -0.15) is 5.10 Å². The molecule has 1 aromatic heterocycles. The summed E-state index contributed by atoms with van der Waals surface area (Å²) < 4.78 is 1.18. The number of Topliss-reactive ketones (excluding diaryl/α,β-unsaturated/α-hetero) is 1. The number of hydrogen-bond acceptors (Lipinski definition) is 5. The molecule has 1 heterocycles. The van der Waals surface area contributed by atoms with Crippen LogP contribution in [0.15, 0.2) is 53.3 Å². The van der Waals surface area contributed by atoms with E-state index in [2.05, 4.69) is 10.4 Å². The van der Waals surface area contributed by atoms with Gasteiger partial charge in [-0.3, -0.25) is 14.4 Å². The number of carboxylic acids is 1.